The normalized spacial score (nSPS) is 15.6. The van der Waals surface area contributed by atoms with E-state index >= 15 is 0 Å². The first-order valence-electron chi connectivity index (χ1n) is 10.6. The second kappa shape index (κ2) is 10.2. The summed E-state index contributed by atoms with van der Waals surface area (Å²) in [7, 11) is -4.22. The van der Waals surface area contributed by atoms with Crippen molar-refractivity contribution in [1.29, 1.82) is 0 Å². The van der Waals surface area contributed by atoms with E-state index in [0.717, 1.165) is 15.6 Å². The van der Waals surface area contributed by atoms with Crippen molar-refractivity contribution in [3.63, 3.8) is 0 Å². The Morgan fingerprint density at radius 2 is 1.61 bits per heavy atom. The summed E-state index contributed by atoms with van der Waals surface area (Å²) >= 11 is 0. The maximum atomic E-state index is 12.7. The van der Waals surface area contributed by atoms with Crippen LogP contribution in [0.25, 0.3) is 0 Å². The fourth-order valence-corrected chi connectivity index (χ4v) is 5.80. The number of aryl methyl sites for hydroxylation is 1. The molecule has 1 fully saturated rings. The summed E-state index contributed by atoms with van der Waals surface area (Å²) in [5, 5.41) is 2.60. The Hall–Kier alpha value is -2.47. The number of anilines is 1. The Morgan fingerprint density at radius 1 is 0.970 bits per heavy atom. The van der Waals surface area contributed by atoms with Crippen LogP contribution in [0.15, 0.2) is 53.4 Å². The van der Waals surface area contributed by atoms with Crippen LogP contribution < -0.4 is 10.2 Å². The van der Waals surface area contributed by atoms with Crippen LogP contribution in [-0.4, -0.2) is 83.9 Å². The highest BCUT2D eigenvalue weighted by molar-refractivity contribution is 7.89. The number of nitrogens with one attached hydrogen (secondary N) is 1. The highest BCUT2D eigenvalue weighted by atomic mass is 32.2. The minimum Gasteiger partial charge on any atom is -0.369 e. The van der Waals surface area contributed by atoms with Gasteiger partial charge in [-0.3, -0.25) is 4.79 Å². The fourth-order valence-electron chi connectivity index (χ4n) is 3.56. The molecule has 11 heteroatoms. The zero-order valence-electron chi connectivity index (χ0n) is 19.1. The Labute approximate surface area is 196 Å². The van der Waals surface area contributed by atoms with E-state index in [1.807, 2.05) is 25.1 Å². The lowest BCUT2D eigenvalue weighted by Crippen LogP contribution is -2.50. The lowest BCUT2D eigenvalue weighted by Gasteiger charge is -2.35. The van der Waals surface area contributed by atoms with Crippen molar-refractivity contribution < 1.29 is 21.6 Å². The number of piperazine rings is 1. The molecule has 1 aliphatic heterocycles. The molecule has 0 atom stereocenters. The van der Waals surface area contributed by atoms with Crippen LogP contribution in [0.5, 0.6) is 0 Å². The van der Waals surface area contributed by atoms with Crippen molar-refractivity contribution in [1.82, 2.24) is 13.9 Å². The Balaban J connectivity index is 1.50. The number of hydrogen-bond donors (Lipinski definition) is 1. The smallest absolute Gasteiger partial charge is 0.251 e. The van der Waals surface area contributed by atoms with Crippen LogP contribution in [0.1, 0.15) is 15.9 Å². The van der Waals surface area contributed by atoms with Crippen molar-refractivity contribution in [2.75, 3.05) is 57.5 Å². The summed E-state index contributed by atoms with van der Waals surface area (Å²) in [6.45, 7) is 4.00. The number of rotatable bonds is 8. The molecule has 1 N–H and O–H groups in total. The molecule has 180 valence electrons. The molecule has 33 heavy (non-hydrogen) atoms. The van der Waals surface area contributed by atoms with Gasteiger partial charge in [-0.25, -0.2) is 21.1 Å². The number of benzene rings is 2. The lowest BCUT2D eigenvalue weighted by atomic mass is 10.2. The maximum absolute atomic E-state index is 12.7. The molecule has 1 heterocycles. The van der Waals surface area contributed by atoms with Gasteiger partial charge in [-0.15, -0.1) is 0 Å². The quantitative estimate of drug-likeness (QED) is 0.590. The predicted molar refractivity (Wildman–Crippen MR) is 128 cm³/mol. The zero-order valence-corrected chi connectivity index (χ0v) is 20.7. The summed E-state index contributed by atoms with van der Waals surface area (Å²) in [6, 6.07) is 13.7. The van der Waals surface area contributed by atoms with Gasteiger partial charge in [0.2, 0.25) is 20.0 Å². The van der Waals surface area contributed by atoms with E-state index < -0.39 is 26.0 Å². The first-order valence-corrected chi connectivity index (χ1v) is 13.7. The standard InChI is InChI=1S/C22H30N4O5S2/c1-18-5-4-6-20(17-18)25-12-14-26(15-13-25)32(28,29)16-11-23-22(27)19-7-9-21(10-8-19)33(30,31)24(2)3/h4-10,17H,11-16H2,1-3H3,(H,23,27). The van der Waals surface area contributed by atoms with E-state index in [0.29, 0.717) is 26.2 Å². The monoisotopic (exact) mass is 494 g/mol. The number of nitrogens with zero attached hydrogens (tertiary/aromatic N) is 3. The first-order chi connectivity index (χ1) is 15.5. The predicted octanol–water partition coefficient (Wildman–Crippen LogP) is 1.13. The highest BCUT2D eigenvalue weighted by Crippen LogP contribution is 2.19. The third kappa shape index (κ3) is 6.11. The molecule has 2 aromatic carbocycles. The van der Waals surface area contributed by atoms with Crippen LogP contribution in [-0.2, 0) is 20.0 Å². The van der Waals surface area contributed by atoms with Gasteiger partial charge in [0.05, 0.1) is 10.6 Å². The molecule has 2 aromatic rings. The van der Waals surface area contributed by atoms with Crippen LogP contribution in [0, 0.1) is 6.92 Å². The van der Waals surface area contributed by atoms with Gasteiger partial charge in [-0.05, 0) is 48.9 Å². The highest BCUT2D eigenvalue weighted by Gasteiger charge is 2.27. The van der Waals surface area contributed by atoms with Gasteiger partial charge in [0.25, 0.3) is 5.91 Å². The zero-order chi connectivity index (χ0) is 24.2. The van der Waals surface area contributed by atoms with Gasteiger partial charge in [-0.1, -0.05) is 12.1 Å². The van der Waals surface area contributed by atoms with Crippen LogP contribution >= 0.6 is 0 Å². The summed E-state index contributed by atoms with van der Waals surface area (Å²) in [5.74, 6) is -0.653. The van der Waals surface area contributed by atoms with Gasteiger partial charge < -0.3 is 10.2 Å². The molecule has 0 spiro atoms. The Kier molecular flexibility index (Phi) is 7.78. The number of amides is 1. The van der Waals surface area contributed by atoms with Crippen molar-refractivity contribution in [2.45, 2.75) is 11.8 Å². The van der Waals surface area contributed by atoms with E-state index in [1.54, 1.807) is 0 Å². The number of sulfonamides is 2. The number of hydrogen-bond acceptors (Lipinski definition) is 6. The van der Waals surface area contributed by atoms with E-state index in [2.05, 4.69) is 16.3 Å². The average Bonchev–Trinajstić information content (AvgIpc) is 2.79. The Morgan fingerprint density at radius 3 is 2.18 bits per heavy atom. The molecule has 9 nitrogen and oxygen atoms in total. The van der Waals surface area contributed by atoms with Crippen molar-refractivity contribution >= 4 is 31.6 Å². The molecule has 0 unspecified atom stereocenters. The second-order valence-electron chi connectivity index (χ2n) is 8.11. The van der Waals surface area contributed by atoms with Crippen LogP contribution in [0.2, 0.25) is 0 Å². The molecule has 0 saturated carbocycles. The summed E-state index contributed by atoms with van der Waals surface area (Å²) < 4.78 is 52.2. The molecule has 0 aromatic heterocycles. The van der Waals surface area contributed by atoms with Gasteiger partial charge in [0, 0.05) is 58.1 Å². The van der Waals surface area contributed by atoms with Crippen LogP contribution in [0.3, 0.4) is 0 Å². The van der Waals surface area contributed by atoms with Crippen molar-refractivity contribution in [2.24, 2.45) is 0 Å². The van der Waals surface area contributed by atoms with E-state index in [1.165, 1.54) is 42.7 Å². The van der Waals surface area contributed by atoms with E-state index in [4.69, 9.17) is 0 Å². The minimum absolute atomic E-state index is 0.0307. The minimum atomic E-state index is -3.58. The van der Waals surface area contributed by atoms with Crippen LogP contribution in [0.4, 0.5) is 5.69 Å². The molecule has 0 bridgehead atoms. The lowest BCUT2D eigenvalue weighted by molar-refractivity contribution is 0.0956. The van der Waals surface area contributed by atoms with Crippen molar-refractivity contribution in [3.8, 4) is 0 Å². The van der Waals surface area contributed by atoms with E-state index in [-0.39, 0.29) is 22.8 Å². The van der Waals surface area contributed by atoms with Gasteiger partial charge >= 0.3 is 0 Å². The molecule has 1 amide bonds. The third-order valence-corrected chi connectivity index (χ3v) is 9.24. The summed E-state index contributed by atoms with van der Waals surface area (Å²) in [4.78, 5) is 14.6. The molecule has 0 aliphatic carbocycles. The topological polar surface area (TPSA) is 107 Å². The summed E-state index contributed by atoms with van der Waals surface area (Å²) in [6.07, 6.45) is 0. The second-order valence-corrected chi connectivity index (χ2v) is 12.3. The SMILES string of the molecule is Cc1cccc(N2CCN(S(=O)(=O)CCNC(=O)c3ccc(S(=O)(=O)N(C)C)cc3)CC2)c1. The average molecular weight is 495 g/mol. The fraction of sp³-hybridized carbons (Fsp3) is 0.409. The molecule has 3 rings (SSSR count). The van der Waals surface area contributed by atoms with Gasteiger partial charge in [0.1, 0.15) is 0 Å². The molecular formula is C22H30N4O5S2. The summed E-state index contributed by atoms with van der Waals surface area (Å²) in [5.41, 5.74) is 2.51. The largest absolute Gasteiger partial charge is 0.369 e. The third-order valence-electron chi connectivity index (χ3n) is 5.54. The van der Waals surface area contributed by atoms with Gasteiger partial charge in [0.15, 0.2) is 0 Å². The molecule has 1 aliphatic rings. The number of carbonyl (C=O) groups is 1. The molecule has 0 radical (unpaired) electrons. The van der Waals surface area contributed by atoms with Crippen molar-refractivity contribution in [3.05, 3.63) is 59.7 Å². The molecular weight excluding hydrogens is 464 g/mol. The molecule has 1 saturated heterocycles. The van der Waals surface area contributed by atoms with Gasteiger partial charge in [-0.2, -0.15) is 4.31 Å². The Bertz CT molecular complexity index is 1190. The number of carbonyl (C=O) groups excluding carboxylic acids is 1. The first kappa shape index (κ1) is 25.2. The van der Waals surface area contributed by atoms with E-state index in [9.17, 15) is 21.6 Å². The maximum Gasteiger partial charge on any atom is 0.251 e.